The normalized spacial score (nSPS) is 10.8. The molecule has 0 atom stereocenters. The van der Waals surface area contributed by atoms with Gasteiger partial charge < -0.3 is 9.72 Å². The molecule has 0 aliphatic heterocycles. The number of aryl methyl sites for hydroxylation is 2. The molecule has 2 aromatic carbocycles. The number of aromatic amines is 1. The lowest BCUT2D eigenvalue weighted by atomic mass is 10.2. The van der Waals surface area contributed by atoms with Gasteiger partial charge in [-0.25, -0.2) is 0 Å². The predicted molar refractivity (Wildman–Crippen MR) is 78.5 cm³/mol. The number of rotatable bonds is 3. The Kier molecular flexibility index (Phi) is 3.00. The van der Waals surface area contributed by atoms with E-state index in [2.05, 4.69) is 49.2 Å². The number of hydrogen-bond donors (Lipinski definition) is 1. The number of ether oxygens (including phenoxy) is 1. The van der Waals surface area contributed by atoms with E-state index in [1.54, 1.807) is 0 Å². The molecule has 0 radical (unpaired) electrons. The van der Waals surface area contributed by atoms with Gasteiger partial charge in [-0.2, -0.15) is 0 Å². The van der Waals surface area contributed by atoms with Crippen molar-refractivity contribution in [3.8, 4) is 5.75 Å². The third kappa shape index (κ3) is 2.63. The van der Waals surface area contributed by atoms with Crippen LogP contribution in [0.2, 0.25) is 0 Å². The zero-order chi connectivity index (χ0) is 13.2. The molecule has 3 aromatic rings. The van der Waals surface area contributed by atoms with Crippen molar-refractivity contribution in [2.24, 2.45) is 0 Å². The maximum Gasteiger partial charge on any atom is 0.128 e. The zero-order valence-electron chi connectivity index (χ0n) is 11.2. The Hall–Kier alpha value is -2.22. The Morgan fingerprint density at radius 2 is 1.79 bits per heavy atom. The number of hydrogen-bond acceptors (Lipinski definition) is 1. The van der Waals surface area contributed by atoms with Crippen molar-refractivity contribution >= 4 is 10.9 Å². The molecule has 96 valence electrons. The Balaban J connectivity index is 1.78. The molecular formula is C17H17NO. The highest BCUT2D eigenvalue weighted by molar-refractivity contribution is 5.81. The lowest BCUT2D eigenvalue weighted by Gasteiger charge is -2.05. The summed E-state index contributed by atoms with van der Waals surface area (Å²) < 4.78 is 5.80. The molecule has 0 unspecified atom stereocenters. The molecule has 19 heavy (non-hydrogen) atoms. The fourth-order valence-electron chi connectivity index (χ4n) is 2.26. The van der Waals surface area contributed by atoms with Crippen LogP contribution in [0.5, 0.6) is 5.75 Å². The summed E-state index contributed by atoms with van der Waals surface area (Å²) in [6.07, 6.45) is 0. The first-order chi connectivity index (χ1) is 9.20. The second-order valence-corrected chi connectivity index (χ2v) is 4.99. The molecule has 0 saturated heterocycles. The second kappa shape index (κ2) is 4.81. The van der Waals surface area contributed by atoms with Crippen molar-refractivity contribution < 1.29 is 4.74 Å². The van der Waals surface area contributed by atoms with Gasteiger partial charge in [0.1, 0.15) is 12.4 Å². The average molecular weight is 251 g/mol. The molecule has 3 rings (SSSR count). The highest BCUT2D eigenvalue weighted by atomic mass is 16.5. The van der Waals surface area contributed by atoms with Crippen molar-refractivity contribution in [1.29, 1.82) is 0 Å². The molecule has 1 heterocycles. The molecule has 1 N–H and O–H groups in total. The topological polar surface area (TPSA) is 25.0 Å². The van der Waals surface area contributed by atoms with E-state index in [0.29, 0.717) is 6.61 Å². The SMILES string of the molecule is Cc1cccc(OCc2cc3cc(C)ccc3[nH]2)c1. The van der Waals surface area contributed by atoms with Crippen LogP contribution < -0.4 is 4.74 Å². The molecular weight excluding hydrogens is 234 g/mol. The first-order valence-corrected chi connectivity index (χ1v) is 6.48. The van der Waals surface area contributed by atoms with Gasteiger partial charge >= 0.3 is 0 Å². The highest BCUT2D eigenvalue weighted by Gasteiger charge is 2.02. The van der Waals surface area contributed by atoms with Crippen LogP contribution in [-0.2, 0) is 6.61 Å². The molecule has 1 aromatic heterocycles. The van der Waals surface area contributed by atoms with Gasteiger partial charge in [0.25, 0.3) is 0 Å². The van der Waals surface area contributed by atoms with Crippen LogP contribution in [0.25, 0.3) is 10.9 Å². The molecule has 0 fully saturated rings. The average Bonchev–Trinajstić information content (AvgIpc) is 2.78. The summed E-state index contributed by atoms with van der Waals surface area (Å²) in [6, 6.07) is 16.7. The molecule has 0 amide bonds. The van der Waals surface area contributed by atoms with Gasteiger partial charge in [-0.3, -0.25) is 0 Å². The molecule has 0 aliphatic carbocycles. The molecule has 2 heteroatoms. The number of H-pyrrole nitrogens is 1. The van der Waals surface area contributed by atoms with Crippen LogP contribution in [0.15, 0.2) is 48.5 Å². The van der Waals surface area contributed by atoms with Crippen LogP contribution in [0.4, 0.5) is 0 Å². The van der Waals surface area contributed by atoms with E-state index < -0.39 is 0 Å². The first kappa shape index (κ1) is 11.8. The smallest absolute Gasteiger partial charge is 0.128 e. The van der Waals surface area contributed by atoms with Gasteiger partial charge in [-0.15, -0.1) is 0 Å². The van der Waals surface area contributed by atoms with Crippen molar-refractivity contribution in [2.45, 2.75) is 20.5 Å². The Bertz CT molecular complexity index is 712. The van der Waals surface area contributed by atoms with E-state index in [1.807, 2.05) is 18.2 Å². The summed E-state index contributed by atoms with van der Waals surface area (Å²) in [5, 5.41) is 1.24. The largest absolute Gasteiger partial charge is 0.487 e. The monoisotopic (exact) mass is 251 g/mol. The Labute approximate surface area is 113 Å². The van der Waals surface area contributed by atoms with Gasteiger partial charge in [-0.05, 0) is 49.7 Å². The van der Waals surface area contributed by atoms with E-state index >= 15 is 0 Å². The van der Waals surface area contributed by atoms with Crippen LogP contribution in [0.3, 0.4) is 0 Å². The number of aromatic nitrogens is 1. The summed E-state index contributed by atoms with van der Waals surface area (Å²) >= 11 is 0. The van der Waals surface area contributed by atoms with Crippen molar-refractivity contribution in [3.05, 3.63) is 65.4 Å². The summed E-state index contributed by atoms with van der Waals surface area (Å²) in [6.45, 7) is 4.74. The Morgan fingerprint density at radius 1 is 0.947 bits per heavy atom. The fourth-order valence-corrected chi connectivity index (χ4v) is 2.26. The minimum atomic E-state index is 0.567. The van der Waals surface area contributed by atoms with Gasteiger partial charge in [0, 0.05) is 10.9 Å². The lowest BCUT2D eigenvalue weighted by Crippen LogP contribution is -1.95. The van der Waals surface area contributed by atoms with Gasteiger partial charge in [-0.1, -0.05) is 23.8 Å². The zero-order valence-corrected chi connectivity index (χ0v) is 11.2. The summed E-state index contributed by atoms with van der Waals surface area (Å²) in [5.41, 5.74) is 4.75. The van der Waals surface area contributed by atoms with E-state index in [1.165, 1.54) is 16.5 Å². The third-order valence-electron chi connectivity index (χ3n) is 3.22. The first-order valence-electron chi connectivity index (χ1n) is 6.48. The van der Waals surface area contributed by atoms with Crippen LogP contribution in [-0.4, -0.2) is 4.98 Å². The quantitative estimate of drug-likeness (QED) is 0.735. The van der Waals surface area contributed by atoms with Crippen LogP contribution in [0, 0.1) is 13.8 Å². The van der Waals surface area contributed by atoms with Crippen molar-refractivity contribution in [1.82, 2.24) is 4.98 Å². The molecule has 0 aliphatic rings. The van der Waals surface area contributed by atoms with E-state index in [-0.39, 0.29) is 0 Å². The molecule has 0 spiro atoms. The summed E-state index contributed by atoms with van der Waals surface area (Å²) in [4.78, 5) is 3.38. The minimum Gasteiger partial charge on any atom is -0.487 e. The summed E-state index contributed by atoms with van der Waals surface area (Å²) in [7, 11) is 0. The predicted octanol–water partition coefficient (Wildman–Crippen LogP) is 4.36. The third-order valence-corrected chi connectivity index (χ3v) is 3.22. The number of benzene rings is 2. The maximum atomic E-state index is 5.80. The van der Waals surface area contributed by atoms with E-state index in [0.717, 1.165) is 17.0 Å². The standard InChI is InChI=1S/C17H17NO/c1-12-4-3-5-16(9-12)19-11-15-10-14-8-13(2)6-7-17(14)18-15/h3-10,18H,11H2,1-2H3. The van der Waals surface area contributed by atoms with Crippen molar-refractivity contribution in [3.63, 3.8) is 0 Å². The highest BCUT2D eigenvalue weighted by Crippen LogP contribution is 2.19. The van der Waals surface area contributed by atoms with Gasteiger partial charge in [0.15, 0.2) is 0 Å². The molecule has 0 saturated carbocycles. The lowest BCUT2D eigenvalue weighted by molar-refractivity contribution is 0.302. The van der Waals surface area contributed by atoms with Crippen LogP contribution >= 0.6 is 0 Å². The number of nitrogens with one attached hydrogen (secondary N) is 1. The molecule has 2 nitrogen and oxygen atoms in total. The minimum absolute atomic E-state index is 0.567. The summed E-state index contributed by atoms with van der Waals surface area (Å²) in [5.74, 6) is 0.912. The Morgan fingerprint density at radius 3 is 2.63 bits per heavy atom. The van der Waals surface area contributed by atoms with E-state index in [4.69, 9.17) is 4.74 Å². The second-order valence-electron chi connectivity index (χ2n) is 4.99. The fraction of sp³-hybridized carbons (Fsp3) is 0.176. The van der Waals surface area contributed by atoms with Crippen LogP contribution in [0.1, 0.15) is 16.8 Å². The maximum absolute atomic E-state index is 5.80. The number of fused-ring (bicyclic) bond motifs is 1. The van der Waals surface area contributed by atoms with E-state index in [9.17, 15) is 0 Å². The molecule has 0 bridgehead atoms. The van der Waals surface area contributed by atoms with Crippen molar-refractivity contribution in [2.75, 3.05) is 0 Å². The van der Waals surface area contributed by atoms with Gasteiger partial charge in [0.05, 0.1) is 5.69 Å². The van der Waals surface area contributed by atoms with Gasteiger partial charge in [0.2, 0.25) is 0 Å².